The van der Waals surface area contributed by atoms with E-state index in [0.29, 0.717) is 0 Å². The van der Waals surface area contributed by atoms with Crippen molar-refractivity contribution in [1.29, 1.82) is 0 Å². The topological polar surface area (TPSA) is 4.93 Å². The van der Waals surface area contributed by atoms with Crippen molar-refractivity contribution in [2.45, 2.75) is 77.0 Å². The van der Waals surface area contributed by atoms with Gasteiger partial charge in [-0.2, -0.15) is 0 Å². The van der Waals surface area contributed by atoms with E-state index in [9.17, 15) is 0 Å². The Balaban J connectivity index is 1.02. The molecule has 0 saturated carbocycles. The molecule has 356 valence electrons. The predicted molar refractivity (Wildman–Crippen MR) is 312 cm³/mol. The van der Waals surface area contributed by atoms with Crippen LogP contribution in [0.2, 0.25) is 0 Å². The van der Waals surface area contributed by atoms with Crippen LogP contribution >= 0.6 is 0 Å². The molecule has 0 N–H and O–H groups in total. The molecule has 4 aliphatic carbocycles. The molecule has 1 aromatic heterocycles. The Bertz CT molecular complexity index is 4040. The standard InChI is InChI=1S/C73H59N/c1-70(2)60-22-14-10-18-48(60)52-30-26-42(38-64(52)70)46-34-56(44-28-32-54-50-20-12-16-24-62(50)72(5,6)66(54)40-44)68-58(36-46)59-37-47(43-27-31-53-49-19-11-15-23-61(49)71(3,4)65(53)39-43)35-57(69(59)74(68)9)45-29-33-55-51-21-13-17-25-63(51)73(7,8)67(55)41-45/h10-41H,1-9H3. The van der Waals surface area contributed by atoms with Crippen molar-refractivity contribution in [3.8, 4) is 89.0 Å². The quantitative estimate of drug-likeness (QED) is 0.166. The summed E-state index contributed by atoms with van der Waals surface area (Å²) in [7, 11) is 2.32. The first-order chi connectivity index (χ1) is 35.6. The van der Waals surface area contributed by atoms with Gasteiger partial charge >= 0.3 is 0 Å². The number of aryl methyl sites for hydroxylation is 1. The van der Waals surface area contributed by atoms with Gasteiger partial charge in [0.2, 0.25) is 0 Å². The van der Waals surface area contributed by atoms with Crippen LogP contribution in [-0.4, -0.2) is 4.57 Å². The fraction of sp³-hybridized carbons (Fsp3) is 0.178. The third-order valence-electron chi connectivity index (χ3n) is 18.8. The number of hydrogen-bond donors (Lipinski definition) is 0. The Kier molecular flexibility index (Phi) is 8.60. The summed E-state index contributed by atoms with van der Waals surface area (Å²) in [6.45, 7) is 19.2. The number of rotatable bonds is 4. The highest BCUT2D eigenvalue weighted by atomic mass is 14.9. The molecule has 1 nitrogen and oxygen atoms in total. The highest BCUT2D eigenvalue weighted by Crippen LogP contribution is 2.55. The zero-order chi connectivity index (χ0) is 50.4. The Labute approximate surface area is 435 Å². The molecule has 1 heterocycles. The maximum absolute atomic E-state index is 2.54. The lowest BCUT2D eigenvalue weighted by Crippen LogP contribution is -2.15. The largest absolute Gasteiger partial charge is 0.343 e. The van der Waals surface area contributed by atoms with Crippen LogP contribution in [0.5, 0.6) is 0 Å². The van der Waals surface area contributed by atoms with Crippen LogP contribution in [0.3, 0.4) is 0 Å². The first kappa shape index (κ1) is 43.6. The van der Waals surface area contributed by atoms with E-state index < -0.39 is 0 Å². The maximum Gasteiger partial charge on any atom is 0.0568 e. The Morgan fingerprint density at radius 2 is 0.486 bits per heavy atom. The number of fused-ring (bicyclic) bond motifs is 15. The molecule has 0 atom stereocenters. The molecule has 74 heavy (non-hydrogen) atoms. The summed E-state index contributed by atoms with van der Waals surface area (Å²) in [5, 5.41) is 2.54. The summed E-state index contributed by atoms with van der Waals surface area (Å²) >= 11 is 0. The molecule has 0 spiro atoms. The van der Waals surface area contributed by atoms with Gasteiger partial charge in [-0.25, -0.2) is 0 Å². The number of hydrogen-bond acceptors (Lipinski definition) is 0. The molecule has 0 fully saturated rings. The molecule has 10 aromatic carbocycles. The second-order valence-electron chi connectivity index (χ2n) is 24.1. The Morgan fingerprint density at radius 1 is 0.230 bits per heavy atom. The van der Waals surface area contributed by atoms with E-state index in [1.165, 1.54) is 155 Å². The molecular formula is C73H59N. The third kappa shape index (κ3) is 5.65. The second kappa shape index (κ2) is 14.6. The normalized spacial score (nSPS) is 16.1. The van der Waals surface area contributed by atoms with Crippen LogP contribution in [-0.2, 0) is 28.7 Å². The van der Waals surface area contributed by atoms with Crippen molar-refractivity contribution >= 4 is 21.8 Å². The molecule has 0 saturated heterocycles. The smallest absolute Gasteiger partial charge is 0.0568 e. The van der Waals surface area contributed by atoms with Crippen molar-refractivity contribution in [2.75, 3.05) is 0 Å². The molecule has 15 rings (SSSR count). The van der Waals surface area contributed by atoms with Gasteiger partial charge in [0.15, 0.2) is 0 Å². The Morgan fingerprint density at radius 3 is 0.797 bits per heavy atom. The molecule has 0 amide bonds. The first-order valence-electron chi connectivity index (χ1n) is 26.7. The molecule has 0 unspecified atom stereocenters. The van der Waals surface area contributed by atoms with Gasteiger partial charge in [-0.15, -0.1) is 0 Å². The van der Waals surface area contributed by atoms with Gasteiger partial charge in [-0.05, 0) is 171 Å². The zero-order valence-electron chi connectivity index (χ0n) is 43.9. The molecule has 0 aliphatic heterocycles. The van der Waals surface area contributed by atoms with Gasteiger partial charge in [0.05, 0.1) is 11.0 Å². The predicted octanol–water partition coefficient (Wildman–Crippen LogP) is 19.2. The first-order valence-corrected chi connectivity index (χ1v) is 26.7. The minimum atomic E-state index is -0.132. The van der Waals surface area contributed by atoms with Crippen LogP contribution in [0.25, 0.3) is 111 Å². The minimum Gasteiger partial charge on any atom is -0.343 e. The van der Waals surface area contributed by atoms with Crippen LogP contribution < -0.4 is 0 Å². The van der Waals surface area contributed by atoms with Gasteiger partial charge in [-0.3, -0.25) is 0 Å². The zero-order valence-corrected chi connectivity index (χ0v) is 43.9. The van der Waals surface area contributed by atoms with Crippen molar-refractivity contribution in [3.63, 3.8) is 0 Å². The highest BCUT2D eigenvalue weighted by Gasteiger charge is 2.39. The summed E-state index contributed by atoms with van der Waals surface area (Å²) in [5.74, 6) is 0. The van der Waals surface area contributed by atoms with Crippen molar-refractivity contribution in [1.82, 2.24) is 4.57 Å². The summed E-state index contributed by atoms with van der Waals surface area (Å²) < 4.78 is 2.54. The molecule has 11 aromatic rings. The highest BCUT2D eigenvalue weighted by molar-refractivity contribution is 6.19. The monoisotopic (exact) mass is 949 g/mol. The second-order valence-corrected chi connectivity index (χ2v) is 24.1. The summed E-state index contributed by atoms with van der Waals surface area (Å²) in [5.41, 5.74) is 33.9. The summed E-state index contributed by atoms with van der Waals surface area (Å²) in [4.78, 5) is 0. The third-order valence-corrected chi connectivity index (χ3v) is 18.8. The van der Waals surface area contributed by atoms with E-state index in [0.717, 1.165) is 0 Å². The van der Waals surface area contributed by atoms with E-state index in [1.807, 2.05) is 0 Å². The van der Waals surface area contributed by atoms with Gasteiger partial charge in [0, 0.05) is 50.6 Å². The average Bonchev–Trinajstić information content (AvgIpc) is 4.08. The van der Waals surface area contributed by atoms with Crippen LogP contribution in [0.15, 0.2) is 194 Å². The molecular weight excluding hydrogens is 891 g/mol. The lowest BCUT2D eigenvalue weighted by atomic mass is 9.80. The average molecular weight is 950 g/mol. The fourth-order valence-corrected chi connectivity index (χ4v) is 14.8. The molecule has 1 heteroatoms. The van der Waals surface area contributed by atoms with Gasteiger partial charge in [-0.1, -0.05) is 201 Å². The van der Waals surface area contributed by atoms with E-state index in [4.69, 9.17) is 0 Å². The molecule has 0 bridgehead atoms. The van der Waals surface area contributed by atoms with E-state index in [1.54, 1.807) is 0 Å². The summed E-state index contributed by atoms with van der Waals surface area (Å²) in [6.07, 6.45) is 0. The number of aromatic nitrogens is 1. The van der Waals surface area contributed by atoms with Gasteiger partial charge in [0.25, 0.3) is 0 Å². The number of benzene rings is 10. The van der Waals surface area contributed by atoms with Gasteiger partial charge < -0.3 is 4.57 Å². The minimum absolute atomic E-state index is 0.115. The van der Waals surface area contributed by atoms with Crippen LogP contribution in [0.1, 0.15) is 99.9 Å². The van der Waals surface area contributed by atoms with Gasteiger partial charge in [0.1, 0.15) is 0 Å². The Hall–Kier alpha value is -8.00. The van der Waals surface area contributed by atoms with Crippen molar-refractivity contribution in [2.24, 2.45) is 7.05 Å². The van der Waals surface area contributed by atoms with E-state index >= 15 is 0 Å². The number of nitrogens with zero attached hydrogens (tertiary/aromatic N) is 1. The summed E-state index contributed by atoms with van der Waals surface area (Å²) in [6, 6.07) is 75.2. The fourth-order valence-electron chi connectivity index (χ4n) is 14.8. The van der Waals surface area contributed by atoms with Crippen LogP contribution in [0.4, 0.5) is 0 Å². The van der Waals surface area contributed by atoms with E-state index in [-0.39, 0.29) is 21.7 Å². The molecule has 0 radical (unpaired) electrons. The maximum atomic E-state index is 2.54. The van der Waals surface area contributed by atoms with Crippen molar-refractivity contribution < 1.29 is 0 Å². The lowest BCUT2D eigenvalue weighted by Gasteiger charge is -2.23. The van der Waals surface area contributed by atoms with Crippen molar-refractivity contribution in [3.05, 3.63) is 239 Å². The lowest BCUT2D eigenvalue weighted by molar-refractivity contribution is 0.660. The molecule has 4 aliphatic rings. The van der Waals surface area contributed by atoms with Crippen LogP contribution in [0, 0.1) is 0 Å². The van der Waals surface area contributed by atoms with E-state index in [2.05, 4.69) is 261 Å². The SMILES string of the molecule is Cn1c2c(-c3ccc4c(c3)C(C)(C)c3ccccc3-4)cc(-c3ccc4c(c3)C(C)(C)c3ccccc3-4)cc2c2cc(-c3ccc4c(c3)C(C)(C)c3ccccc3-4)cc(-c3ccc4c(c3)C(C)(C)c3ccccc3-4)c21.